The van der Waals surface area contributed by atoms with Crippen LogP contribution in [0.2, 0.25) is 0 Å². The normalized spacial score (nSPS) is 24.4. The summed E-state index contributed by atoms with van der Waals surface area (Å²) in [4.78, 5) is 56.7. The largest absolute Gasteiger partial charge is 0.451 e. The third-order valence-corrected chi connectivity index (χ3v) is 9.02. The van der Waals surface area contributed by atoms with Crippen molar-refractivity contribution in [3.63, 3.8) is 0 Å². The van der Waals surface area contributed by atoms with Gasteiger partial charge in [-0.25, -0.2) is 9.59 Å². The number of rotatable bonds is 7. The number of likely N-dealkylation sites (tertiary alicyclic amines) is 1. The Morgan fingerprint density at radius 1 is 1.00 bits per heavy atom. The minimum Gasteiger partial charge on any atom is -0.451 e. The van der Waals surface area contributed by atoms with Gasteiger partial charge >= 0.3 is 12.1 Å². The molecule has 3 heterocycles. The van der Waals surface area contributed by atoms with Crippen molar-refractivity contribution in [3.05, 3.63) is 94.4 Å². The highest BCUT2D eigenvalue weighted by molar-refractivity contribution is 8.03. The van der Waals surface area contributed by atoms with Crippen LogP contribution in [0.5, 0.6) is 0 Å². The molecular formula is C33H35N3O6S. The van der Waals surface area contributed by atoms with Crippen molar-refractivity contribution in [2.45, 2.75) is 75.2 Å². The second kappa shape index (κ2) is 11.6. The zero-order chi connectivity index (χ0) is 30.3. The van der Waals surface area contributed by atoms with Gasteiger partial charge in [-0.1, -0.05) is 60.7 Å². The van der Waals surface area contributed by atoms with Gasteiger partial charge in [-0.05, 0) is 68.2 Å². The first-order chi connectivity index (χ1) is 20.6. The van der Waals surface area contributed by atoms with Crippen LogP contribution in [0.3, 0.4) is 0 Å². The minimum absolute atomic E-state index is 0.0199. The van der Waals surface area contributed by atoms with Gasteiger partial charge in [0.15, 0.2) is 12.1 Å². The number of thioether (sulfide) groups is 1. The van der Waals surface area contributed by atoms with E-state index in [0.29, 0.717) is 30.2 Å². The first-order valence-electron chi connectivity index (χ1n) is 14.6. The van der Waals surface area contributed by atoms with E-state index in [1.54, 1.807) is 26.8 Å². The van der Waals surface area contributed by atoms with Gasteiger partial charge in [-0.2, -0.15) is 0 Å². The van der Waals surface area contributed by atoms with E-state index in [-0.39, 0.29) is 5.91 Å². The highest BCUT2D eigenvalue weighted by Crippen LogP contribution is 2.43. The van der Waals surface area contributed by atoms with Gasteiger partial charge in [-0.15, -0.1) is 11.8 Å². The highest BCUT2D eigenvalue weighted by Gasteiger charge is 2.56. The fourth-order valence-corrected chi connectivity index (χ4v) is 6.87. The average molecular weight is 602 g/mol. The average Bonchev–Trinajstić information content (AvgIpc) is 3.77. The summed E-state index contributed by atoms with van der Waals surface area (Å²) in [6.45, 7) is 5.89. The van der Waals surface area contributed by atoms with Gasteiger partial charge in [0.1, 0.15) is 17.0 Å². The van der Waals surface area contributed by atoms with E-state index in [1.165, 1.54) is 16.7 Å². The van der Waals surface area contributed by atoms with Crippen LogP contribution in [0.4, 0.5) is 4.79 Å². The lowest BCUT2D eigenvalue weighted by Crippen LogP contribution is -2.74. The van der Waals surface area contributed by atoms with Crippen molar-refractivity contribution in [2.24, 2.45) is 0 Å². The third-order valence-electron chi connectivity index (χ3n) is 7.84. The van der Waals surface area contributed by atoms with Crippen molar-refractivity contribution in [1.82, 2.24) is 15.1 Å². The maximum absolute atomic E-state index is 14.2. The summed E-state index contributed by atoms with van der Waals surface area (Å²) < 4.78 is 11.6. The smallest absolute Gasteiger partial charge is 0.408 e. The topological polar surface area (TPSA) is 105 Å². The second-order valence-electron chi connectivity index (χ2n) is 12.2. The Kier molecular flexibility index (Phi) is 7.81. The summed E-state index contributed by atoms with van der Waals surface area (Å²) in [6, 6.07) is 17.2. The molecule has 1 saturated carbocycles. The molecule has 2 aromatic rings. The zero-order valence-corrected chi connectivity index (χ0v) is 25.2. The molecular weight excluding hydrogens is 566 g/mol. The SMILES string of the molecule is CC(C)(C)OC(=O)N[C@@H]1C(=O)N2C(C(=O)OC(c3ccccc3)c3ccccc3)C(C=C3CCN(C4CC4)C3=O)=CS[C@H]12. The molecule has 3 aliphatic heterocycles. The van der Waals surface area contributed by atoms with Gasteiger partial charge < -0.3 is 24.6 Å². The lowest BCUT2D eigenvalue weighted by molar-refractivity contribution is -0.164. The minimum atomic E-state index is -1.08. The predicted molar refractivity (Wildman–Crippen MR) is 162 cm³/mol. The number of hydrogen-bond acceptors (Lipinski definition) is 7. The maximum atomic E-state index is 14.2. The lowest BCUT2D eigenvalue weighted by Gasteiger charge is -2.51. The molecule has 0 aromatic heterocycles. The summed E-state index contributed by atoms with van der Waals surface area (Å²) in [5.41, 5.74) is 2.00. The molecule has 1 N–H and O–H groups in total. The predicted octanol–water partition coefficient (Wildman–Crippen LogP) is 4.70. The molecule has 2 saturated heterocycles. The van der Waals surface area contributed by atoms with Crippen molar-refractivity contribution in [3.8, 4) is 0 Å². The molecule has 0 spiro atoms. The Morgan fingerprint density at radius 3 is 2.21 bits per heavy atom. The lowest BCUT2D eigenvalue weighted by atomic mass is 9.95. The molecule has 1 unspecified atom stereocenters. The Hall–Kier alpha value is -4.05. The van der Waals surface area contributed by atoms with Crippen LogP contribution in [-0.2, 0) is 23.9 Å². The van der Waals surface area contributed by atoms with Crippen LogP contribution >= 0.6 is 11.8 Å². The van der Waals surface area contributed by atoms with Gasteiger partial charge in [0.25, 0.3) is 0 Å². The summed E-state index contributed by atoms with van der Waals surface area (Å²) in [5, 5.41) is 3.94. The zero-order valence-electron chi connectivity index (χ0n) is 24.4. The Labute approximate surface area is 255 Å². The molecule has 9 nitrogen and oxygen atoms in total. The maximum Gasteiger partial charge on any atom is 0.408 e. The second-order valence-corrected chi connectivity index (χ2v) is 13.2. The Bertz CT molecular complexity index is 1440. The van der Waals surface area contributed by atoms with E-state index in [9.17, 15) is 19.2 Å². The van der Waals surface area contributed by atoms with Crippen LogP contribution in [0, 0.1) is 0 Å². The number of carbonyl (C=O) groups excluding carboxylic acids is 4. The molecule has 43 heavy (non-hydrogen) atoms. The number of benzene rings is 2. The molecule has 224 valence electrons. The van der Waals surface area contributed by atoms with Crippen LogP contribution < -0.4 is 5.32 Å². The van der Waals surface area contributed by atoms with E-state index >= 15 is 0 Å². The molecule has 0 bridgehead atoms. The van der Waals surface area contributed by atoms with Gasteiger partial charge in [-0.3, -0.25) is 9.59 Å². The molecule has 0 radical (unpaired) electrons. The molecule has 6 rings (SSSR count). The van der Waals surface area contributed by atoms with Crippen LogP contribution in [-0.4, -0.2) is 69.3 Å². The molecule has 4 aliphatic rings. The number of esters is 1. The number of fused-ring (bicyclic) bond motifs is 1. The standard InChI is InChI=1S/C33H35N3O6S/c1-33(2,3)42-32(40)34-25-29(38)36-26(23(19-43-30(25)36)18-22-16-17-35(28(22)37)24-14-15-24)31(39)41-27(20-10-6-4-7-11-20)21-12-8-5-9-13-21/h4-13,18-19,24-27,30H,14-17H2,1-3H3,(H,34,40)/t25-,26?,30-/m1/s1. The van der Waals surface area contributed by atoms with E-state index in [1.807, 2.05) is 71.0 Å². The summed E-state index contributed by atoms with van der Waals surface area (Å²) >= 11 is 1.33. The fraction of sp³-hybridized carbons (Fsp3) is 0.394. The van der Waals surface area contributed by atoms with Crippen LogP contribution in [0.1, 0.15) is 57.3 Å². The number of amides is 3. The summed E-state index contributed by atoms with van der Waals surface area (Å²) in [5.74, 6) is -1.05. The summed E-state index contributed by atoms with van der Waals surface area (Å²) in [7, 11) is 0. The number of hydrogen-bond donors (Lipinski definition) is 1. The van der Waals surface area contributed by atoms with E-state index in [4.69, 9.17) is 9.47 Å². The van der Waals surface area contributed by atoms with E-state index < -0.39 is 47.1 Å². The van der Waals surface area contributed by atoms with Crippen LogP contribution in [0.25, 0.3) is 0 Å². The molecule has 10 heteroatoms. The number of β-lactam (4-membered cyclic amide) rings is 1. The third kappa shape index (κ3) is 6.06. The molecule has 2 aromatic carbocycles. The fourth-order valence-electron chi connectivity index (χ4n) is 5.68. The number of carbonyl (C=O) groups is 4. The Morgan fingerprint density at radius 2 is 1.63 bits per heavy atom. The highest BCUT2D eigenvalue weighted by atomic mass is 32.2. The van der Waals surface area contributed by atoms with Crippen molar-refractivity contribution < 1.29 is 28.7 Å². The number of alkyl carbamates (subject to hydrolysis) is 1. The van der Waals surface area contributed by atoms with Gasteiger partial charge in [0.05, 0.1) is 0 Å². The van der Waals surface area contributed by atoms with Gasteiger partial charge in [0, 0.05) is 18.2 Å². The quantitative estimate of drug-likeness (QED) is 0.279. The van der Waals surface area contributed by atoms with Crippen molar-refractivity contribution >= 4 is 35.6 Å². The van der Waals surface area contributed by atoms with E-state index in [2.05, 4.69) is 5.32 Å². The molecule has 3 atom stereocenters. The number of nitrogens with one attached hydrogen (secondary N) is 1. The Balaban J connectivity index is 1.30. The van der Waals surface area contributed by atoms with Crippen LogP contribution in [0.15, 0.2) is 83.3 Å². The van der Waals surface area contributed by atoms with Crippen molar-refractivity contribution in [2.75, 3.05) is 6.54 Å². The first kappa shape index (κ1) is 29.0. The van der Waals surface area contributed by atoms with Gasteiger partial charge in [0.2, 0.25) is 11.8 Å². The number of ether oxygens (including phenoxy) is 2. The monoisotopic (exact) mass is 601 g/mol. The molecule has 1 aliphatic carbocycles. The molecule has 3 fully saturated rings. The first-order valence-corrected chi connectivity index (χ1v) is 15.5. The van der Waals surface area contributed by atoms with Crippen molar-refractivity contribution in [1.29, 1.82) is 0 Å². The van der Waals surface area contributed by atoms with E-state index in [0.717, 1.165) is 24.0 Å². The molecule has 3 amide bonds. The number of nitrogens with zero attached hydrogens (tertiary/aromatic N) is 2. The summed E-state index contributed by atoms with van der Waals surface area (Å²) in [6.07, 6.45) is 2.96.